The number of halogens is 1. The number of sulfonamides is 1. The lowest BCUT2D eigenvalue weighted by Gasteiger charge is -2.33. The van der Waals surface area contributed by atoms with Crippen LogP contribution in [0.1, 0.15) is 33.3 Å². The molecule has 2 aromatic carbocycles. The second-order valence-corrected chi connectivity index (χ2v) is 11.4. The molecule has 2 amide bonds. The molecule has 10 heteroatoms. The molecule has 0 aliphatic carbocycles. The second-order valence-electron chi connectivity index (χ2n) is 9.03. The number of ether oxygens (including phenoxy) is 1. The lowest BCUT2D eigenvalue weighted by molar-refractivity contribution is -0.140. The van der Waals surface area contributed by atoms with Gasteiger partial charge in [-0.1, -0.05) is 29.8 Å². The van der Waals surface area contributed by atoms with E-state index in [-0.39, 0.29) is 18.1 Å². The minimum Gasteiger partial charge on any atom is -0.497 e. The zero-order valence-electron chi connectivity index (χ0n) is 20.3. The van der Waals surface area contributed by atoms with E-state index in [1.165, 1.54) is 11.0 Å². The van der Waals surface area contributed by atoms with E-state index in [2.05, 4.69) is 5.32 Å². The molecule has 34 heavy (non-hydrogen) atoms. The number of benzene rings is 2. The van der Waals surface area contributed by atoms with Gasteiger partial charge in [-0.3, -0.25) is 13.9 Å². The van der Waals surface area contributed by atoms with Gasteiger partial charge in [0.2, 0.25) is 21.8 Å². The predicted octanol–water partition coefficient (Wildman–Crippen LogP) is 3.45. The predicted molar refractivity (Wildman–Crippen MR) is 135 cm³/mol. The van der Waals surface area contributed by atoms with Crippen LogP contribution in [0.2, 0.25) is 5.02 Å². The summed E-state index contributed by atoms with van der Waals surface area (Å²) in [5.41, 5.74) is 0.525. The molecular formula is C24H32ClN3O5S. The lowest BCUT2D eigenvalue weighted by Crippen LogP contribution is -2.54. The summed E-state index contributed by atoms with van der Waals surface area (Å²) >= 11 is 6.04. The Morgan fingerprint density at radius 2 is 1.74 bits per heavy atom. The van der Waals surface area contributed by atoms with E-state index in [0.29, 0.717) is 10.8 Å². The van der Waals surface area contributed by atoms with Crippen LogP contribution in [0.3, 0.4) is 0 Å². The summed E-state index contributed by atoms with van der Waals surface area (Å²) in [6, 6.07) is 12.5. The average Bonchev–Trinajstić information content (AvgIpc) is 2.73. The van der Waals surface area contributed by atoms with Gasteiger partial charge < -0.3 is 15.0 Å². The Hall–Kier alpha value is -2.78. The van der Waals surface area contributed by atoms with Gasteiger partial charge in [0.1, 0.15) is 18.3 Å². The van der Waals surface area contributed by atoms with Crippen molar-refractivity contribution in [1.82, 2.24) is 10.2 Å². The summed E-state index contributed by atoms with van der Waals surface area (Å²) in [6.45, 7) is 6.78. The van der Waals surface area contributed by atoms with Crippen molar-refractivity contribution in [1.29, 1.82) is 0 Å². The van der Waals surface area contributed by atoms with Gasteiger partial charge in [-0.05, 0) is 63.6 Å². The maximum atomic E-state index is 13.5. The SMILES string of the molecule is COc1ccc(CN(C(=O)CN(c2cccc(Cl)c2)S(C)(=O)=O)[C@H](C)C(=O)NC(C)(C)C)cc1. The highest BCUT2D eigenvalue weighted by molar-refractivity contribution is 7.92. The maximum Gasteiger partial charge on any atom is 0.244 e. The molecule has 0 aliphatic heterocycles. The Morgan fingerprint density at radius 1 is 1.12 bits per heavy atom. The number of carbonyl (C=O) groups excluding carboxylic acids is 2. The number of nitrogens with one attached hydrogen (secondary N) is 1. The maximum absolute atomic E-state index is 13.5. The third-order valence-corrected chi connectivity index (χ3v) is 6.33. The molecule has 0 saturated carbocycles. The van der Waals surface area contributed by atoms with Crippen LogP contribution in [0.15, 0.2) is 48.5 Å². The van der Waals surface area contributed by atoms with Crippen LogP contribution in [0, 0.1) is 0 Å². The van der Waals surface area contributed by atoms with E-state index in [4.69, 9.17) is 16.3 Å². The first kappa shape index (κ1) is 27.5. The first-order chi connectivity index (χ1) is 15.7. The van der Waals surface area contributed by atoms with Gasteiger partial charge in [-0.2, -0.15) is 0 Å². The van der Waals surface area contributed by atoms with Crippen molar-refractivity contribution in [3.63, 3.8) is 0 Å². The number of amides is 2. The van der Waals surface area contributed by atoms with Gasteiger partial charge in [0.25, 0.3) is 0 Å². The number of nitrogens with zero attached hydrogens (tertiary/aromatic N) is 2. The summed E-state index contributed by atoms with van der Waals surface area (Å²) in [5.74, 6) is -0.217. The van der Waals surface area contributed by atoms with E-state index >= 15 is 0 Å². The Balaban J connectivity index is 2.40. The number of anilines is 1. The molecule has 2 rings (SSSR count). The number of rotatable bonds is 9. The largest absolute Gasteiger partial charge is 0.497 e. The molecule has 2 aromatic rings. The van der Waals surface area contributed by atoms with Gasteiger partial charge in [0.05, 0.1) is 19.1 Å². The molecule has 8 nitrogen and oxygen atoms in total. The van der Waals surface area contributed by atoms with Crippen molar-refractivity contribution in [2.45, 2.75) is 45.8 Å². The molecule has 186 valence electrons. The molecule has 0 fully saturated rings. The van der Waals surface area contributed by atoms with E-state index < -0.39 is 34.1 Å². The topological polar surface area (TPSA) is 96.0 Å². The number of hydrogen-bond acceptors (Lipinski definition) is 5. The van der Waals surface area contributed by atoms with Crippen molar-refractivity contribution >= 4 is 39.1 Å². The summed E-state index contributed by atoms with van der Waals surface area (Å²) in [6.07, 6.45) is 1.02. The van der Waals surface area contributed by atoms with E-state index in [1.54, 1.807) is 56.5 Å². The second kappa shape index (κ2) is 11.1. The summed E-state index contributed by atoms with van der Waals surface area (Å²) in [7, 11) is -2.25. The van der Waals surface area contributed by atoms with Gasteiger partial charge in [-0.25, -0.2) is 8.42 Å². The van der Waals surface area contributed by atoms with Crippen molar-refractivity contribution in [2.75, 3.05) is 24.2 Å². The standard InChI is InChI=1S/C24H32ClN3O5S/c1-17(23(30)26-24(2,3)4)27(15-18-10-12-21(33-5)13-11-18)22(29)16-28(34(6,31)32)20-9-7-8-19(25)14-20/h7-14,17H,15-16H2,1-6H3,(H,26,30)/t17-/m1/s1. The van der Waals surface area contributed by atoms with Crippen molar-refractivity contribution < 1.29 is 22.7 Å². The highest BCUT2D eigenvalue weighted by Crippen LogP contribution is 2.23. The molecule has 0 aromatic heterocycles. The zero-order valence-corrected chi connectivity index (χ0v) is 21.9. The quantitative estimate of drug-likeness (QED) is 0.558. The van der Waals surface area contributed by atoms with Gasteiger partial charge >= 0.3 is 0 Å². The number of methoxy groups -OCH3 is 1. The zero-order chi connectivity index (χ0) is 25.7. The van der Waals surface area contributed by atoms with E-state index in [0.717, 1.165) is 16.1 Å². The van der Waals surface area contributed by atoms with Crippen molar-refractivity contribution in [2.24, 2.45) is 0 Å². The Bertz CT molecular complexity index is 1110. The molecule has 0 heterocycles. The van der Waals surface area contributed by atoms with Crippen LogP contribution in [0.5, 0.6) is 5.75 Å². The van der Waals surface area contributed by atoms with Crippen molar-refractivity contribution in [3.8, 4) is 5.75 Å². The van der Waals surface area contributed by atoms with Gasteiger partial charge in [-0.15, -0.1) is 0 Å². The van der Waals surface area contributed by atoms with E-state index in [1.807, 2.05) is 20.8 Å². The van der Waals surface area contributed by atoms with Gasteiger partial charge in [0, 0.05) is 17.1 Å². The molecule has 0 unspecified atom stereocenters. The fraction of sp³-hybridized carbons (Fsp3) is 0.417. The normalized spacial score (nSPS) is 12.6. The first-order valence-corrected chi connectivity index (χ1v) is 12.9. The van der Waals surface area contributed by atoms with Crippen LogP contribution in [-0.2, 0) is 26.2 Å². The lowest BCUT2D eigenvalue weighted by atomic mass is 10.1. The van der Waals surface area contributed by atoms with E-state index in [9.17, 15) is 18.0 Å². The van der Waals surface area contributed by atoms with Crippen LogP contribution >= 0.6 is 11.6 Å². The summed E-state index contributed by atoms with van der Waals surface area (Å²) in [5, 5.41) is 3.22. The molecule has 1 atom stereocenters. The molecule has 0 radical (unpaired) electrons. The molecular weight excluding hydrogens is 478 g/mol. The Kier molecular flexibility index (Phi) is 8.96. The van der Waals surface area contributed by atoms with Crippen molar-refractivity contribution in [3.05, 3.63) is 59.1 Å². The van der Waals surface area contributed by atoms with Gasteiger partial charge in [0.15, 0.2) is 0 Å². The molecule has 0 aliphatic rings. The monoisotopic (exact) mass is 509 g/mol. The van der Waals surface area contributed by atoms with Crippen LogP contribution in [-0.4, -0.2) is 56.6 Å². The third kappa shape index (κ3) is 7.92. The minimum absolute atomic E-state index is 0.106. The summed E-state index contributed by atoms with van der Waals surface area (Å²) < 4.78 is 31.2. The summed E-state index contributed by atoms with van der Waals surface area (Å²) in [4.78, 5) is 27.8. The first-order valence-electron chi connectivity index (χ1n) is 10.7. The number of hydrogen-bond donors (Lipinski definition) is 1. The fourth-order valence-electron chi connectivity index (χ4n) is 3.23. The molecule has 0 bridgehead atoms. The van der Waals surface area contributed by atoms with Crippen LogP contribution < -0.4 is 14.4 Å². The molecule has 0 saturated heterocycles. The molecule has 1 N–H and O–H groups in total. The fourth-order valence-corrected chi connectivity index (χ4v) is 4.26. The van der Waals surface area contributed by atoms with Crippen LogP contribution in [0.4, 0.5) is 5.69 Å². The Morgan fingerprint density at radius 3 is 2.24 bits per heavy atom. The average molecular weight is 510 g/mol. The highest BCUT2D eigenvalue weighted by atomic mass is 35.5. The third-order valence-electron chi connectivity index (χ3n) is 4.95. The highest BCUT2D eigenvalue weighted by Gasteiger charge is 2.31. The minimum atomic E-state index is -3.81. The number of carbonyl (C=O) groups is 2. The Labute approximate surface area is 206 Å². The van der Waals surface area contributed by atoms with Crippen LogP contribution in [0.25, 0.3) is 0 Å². The smallest absolute Gasteiger partial charge is 0.244 e. The molecule has 0 spiro atoms.